The van der Waals surface area contributed by atoms with E-state index in [-0.39, 0.29) is 24.5 Å². The smallest absolute Gasteiger partial charge is 0.307 e. The van der Waals surface area contributed by atoms with E-state index >= 15 is 0 Å². The van der Waals surface area contributed by atoms with Crippen molar-refractivity contribution in [2.24, 2.45) is 5.92 Å². The number of hydrogen-bond acceptors (Lipinski definition) is 3. The molecule has 2 aromatic rings. The summed E-state index contributed by atoms with van der Waals surface area (Å²) in [5.74, 6) is -0.675. The lowest BCUT2D eigenvalue weighted by molar-refractivity contribution is -0.143. The van der Waals surface area contributed by atoms with Gasteiger partial charge in [0, 0.05) is 12.1 Å². The highest BCUT2D eigenvalue weighted by Crippen LogP contribution is 2.29. The molecule has 0 aliphatic heterocycles. The minimum Gasteiger partial charge on any atom is -0.465 e. The van der Waals surface area contributed by atoms with E-state index in [1.165, 1.54) is 12.1 Å². The first-order valence-corrected chi connectivity index (χ1v) is 9.39. The maximum atomic E-state index is 14.1. The van der Waals surface area contributed by atoms with Crippen LogP contribution in [0.5, 0.6) is 0 Å². The molecule has 2 aromatic carbocycles. The number of rotatable bonds is 8. The van der Waals surface area contributed by atoms with Crippen molar-refractivity contribution in [1.29, 1.82) is 0 Å². The normalized spacial score (nSPS) is 13.3. The lowest BCUT2D eigenvalue weighted by Crippen LogP contribution is -2.26. The Morgan fingerprint density at radius 1 is 1.19 bits per heavy atom. The van der Waals surface area contributed by atoms with Gasteiger partial charge in [-0.25, -0.2) is 4.39 Å². The molecule has 1 N–H and O–H groups in total. The summed E-state index contributed by atoms with van der Waals surface area (Å²) in [7, 11) is 0. The molecule has 1 saturated carbocycles. The summed E-state index contributed by atoms with van der Waals surface area (Å²) in [6.07, 6.45) is 3.16. The molecule has 27 heavy (non-hydrogen) atoms. The van der Waals surface area contributed by atoms with Crippen LogP contribution >= 0.6 is 0 Å². The number of benzene rings is 2. The lowest BCUT2D eigenvalue weighted by Gasteiger charge is -2.11. The van der Waals surface area contributed by atoms with E-state index in [0.717, 1.165) is 30.4 Å². The average Bonchev–Trinajstić information content (AvgIpc) is 3.50. The molecule has 0 radical (unpaired) electrons. The van der Waals surface area contributed by atoms with Crippen molar-refractivity contribution in [2.75, 3.05) is 13.2 Å². The lowest BCUT2D eigenvalue weighted by atomic mass is 9.96. The van der Waals surface area contributed by atoms with E-state index in [0.29, 0.717) is 18.1 Å². The molecule has 1 fully saturated rings. The second kappa shape index (κ2) is 8.80. The second-order valence-electron chi connectivity index (χ2n) is 6.87. The average molecular weight is 369 g/mol. The molecule has 5 heteroatoms. The van der Waals surface area contributed by atoms with E-state index < -0.39 is 11.7 Å². The van der Waals surface area contributed by atoms with Crippen LogP contribution in [-0.4, -0.2) is 25.0 Å². The molecule has 0 bridgehead atoms. The van der Waals surface area contributed by atoms with Crippen molar-refractivity contribution in [3.05, 3.63) is 59.4 Å². The minimum atomic E-state index is -0.465. The van der Waals surface area contributed by atoms with Crippen LogP contribution in [0, 0.1) is 11.7 Å². The summed E-state index contributed by atoms with van der Waals surface area (Å²) in [5, 5.41) is 2.66. The van der Waals surface area contributed by atoms with Gasteiger partial charge in [0.05, 0.1) is 13.0 Å². The first-order valence-electron chi connectivity index (χ1n) is 9.39. The zero-order chi connectivity index (χ0) is 19.2. The molecule has 0 heterocycles. The Bertz CT molecular complexity index is 830. The third-order valence-corrected chi connectivity index (χ3v) is 4.66. The van der Waals surface area contributed by atoms with Crippen LogP contribution < -0.4 is 5.32 Å². The summed E-state index contributed by atoms with van der Waals surface area (Å²) in [6.45, 7) is 2.67. The van der Waals surface area contributed by atoms with Crippen molar-refractivity contribution in [3.63, 3.8) is 0 Å². The summed E-state index contributed by atoms with van der Waals surface area (Å²) >= 11 is 0. The van der Waals surface area contributed by atoms with Gasteiger partial charge in [0.25, 0.3) is 5.91 Å². The van der Waals surface area contributed by atoms with E-state index in [1.807, 2.05) is 31.2 Å². The van der Waals surface area contributed by atoms with Crippen molar-refractivity contribution in [3.8, 4) is 11.1 Å². The van der Waals surface area contributed by atoms with E-state index in [1.54, 1.807) is 6.07 Å². The van der Waals surface area contributed by atoms with Crippen molar-refractivity contribution in [2.45, 2.75) is 32.6 Å². The molecule has 142 valence electrons. The van der Waals surface area contributed by atoms with Crippen LogP contribution in [0.15, 0.2) is 42.5 Å². The standard InChI is InChI=1S/C22H24FNO3/c1-2-16-5-3-4-6-20(16)17-11-18(13-19(23)12-17)22(26)24-10-9-21(25)27-14-15-7-8-15/h3-6,11-13,15H,2,7-10,14H2,1H3,(H,24,26). The van der Waals surface area contributed by atoms with Gasteiger partial charge in [0.15, 0.2) is 0 Å². The number of nitrogens with one attached hydrogen (secondary N) is 1. The van der Waals surface area contributed by atoms with Crippen LogP contribution in [0.3, 0.4) is 0 Å². The van der Waals surface area contributed by atoms with Gasteiger partial charge in [-0.2, -0.15) is 0 Å². The fourth-order valence-corrected chi connectivity index (χ4v) is 2.93. The Balaban J connectivity index is 1.62. The minimum absolute atomic E-state index is 0.110. The molecule has 0 unspecified atom stereocenters. The topological polar surface area (TPSA) is 55.4 Å². The monoisotopic (exact) mass is 369 g/mol. The Labute approximate surface area is 158 Å². The number of hydrogen-bond donors (Lipinski definition) is 1. The molecule has 0 saturated heterocycles. The Morgan fingerprint density at radius 2 is 1.96 bits per heavy atom. The van der Waals surface area contributed by atoms with Gasteiger partial charge in [0.1, 0.15) is 5.82 Å². The first-order chi connectivity index (χ1) is 13.1. The molecule has 4 nitrogen and oxygen atoms in total. The van der Waals surface area contributed by atoms with Crippen LogP contribution in [0.1, 0.15) is 42.1 Å². The van der Waals surface area contributed by atoms with Crippen molar-refractivity contribution < 1.29 is 18.7 Å². The summed E-state index contributed by atoms with van der Waals surface area (Å²) < 4.78 is 19.2. The second-order valence-corrected chi connectivity index (χ2v) is 6.87. The number of carbonyl (C=O) groups is 2. The number of aryl methyl sites for hydroxylation is 1. The predicted molar refractivity (Wildman–Crippen MR) is 102 cm³/mol. The van der Waals surface area contributed by atoms with E-state index in [2.05, 4.69) is 5.32 Å². The summed E-state index contributed by atoms with van der Waals surface area (Å²) in [6, 6.07) is 12.1. The third kappa shape index (κ3) is 5.39. The molecular weight excluding hydrogens is 345 g/mol. The molecule has 1 aliphatic rings. The first kappa shape index (κ1) is 19.1. The SMILES string of the molecule is CCc1ccccc1-c1cc(F)cc(C(=O)NCCC(=O)OCC2CC2)c1. The molecule has 0 atom stereocenters. The Morgan fingerprint density at radius 3 is 2.70 bits per heavy atom. The molecule has 0 spiro atoms. The van der Waals surface area contributed by atoms with Crippen molar-refractivity contribution in [1.82, 2.24) is 5.32 Å². The largest absolute Gasteiger partial charge is 0.465 e. The fraction of sp³-hybridized carbons (Fsp3) is 0.364. The van der Waals surface area contributed by atoms with Crippen LogP contribution in [-0.2, 0) is 16.0 Å². The molecule has 1 aliphatic carbocycles. The van der Waals surface area contributed by atoms with Gasteiger partial charge in [-0.05, 0) is 60.1 Å². The van der Waals surface area contributed by atoms with Crippen LogP contribution in [0.2, 0.25) is 0 Å². The van der Waals surface area contributed by atoms with Gasteiger partial charge in [0.2, 0.25) is 0 Å². The Hall–Kier alpha value is -2.69. The summed E-state index contributed by atoms with van der Waals surface area (Å²) in [4.78, 5) is 24.0. The fourth-order valence-electron chi connectivity index (χ4n) is 2.93. The van der Waals surface area contributed by atoms with Gasteiger partial charge in [-0.15, -0.1) is 0 Å². The third-order valence-electron chi connectivity index (χ3n) is 4.66. The van der Waals surface area contributed by atoms with E-state index in [9.17, 15) is 14.0 Å². The number of amides is 1. The number of halogens is 1. The van der Waals surface area contributed by atoms with Gasteiger partial charge < -0.3 is 10.1 Å². The van der Waals surface area contributed by atoms with Crippen molar-refractivity contribution >= 4 is 11.9 Å². The maximum Gasteiger partial charge on any atom is 0.307 e. The molecule has 0 aromatic heterocycles. The van der Waals surface area contributed by atoms with Gasteiger partial charge >= 0.3 is 5.97 Å². The molecule has 1 amide bonds. The Kier molecular flexibility index (Phi) is 6.22. The molecule has 3 rings (SSSR count). The highest BCUT2D eigenvalue weighted by atomic mass is 19.1. The maximum absolute atomic E-state index is 14.1. The van der Waals surface area contributed by atoms with Gasteiger partial charge in [-0.3, -0.25) is 9.59 Å². The van der Waals surface area contributed by atoms with E-state index in [4.69, 9.17) is 4.74 Å². The number of esters is 1. The highest BCUT2D eigenvalue weighted by Gasteiger charge is 2.23. The zero-order valence-corrected chi connectivity index (χ0v) is 15.5. The quantitative estimate of drug-likeness (QED) is 0.712. The predicted octanol–water partition coefficient (Wildman–Crippen LogP) is 4.13. The summed E-state index contributed by atoms with van der Waals surface area (Å²) in [5.41, 5.74) is 2.91. The van der Waals surface area contributed by atoms with Crippen LogP contribution in [0.25, 0.3) is 11.1 Å². The number of carbonyl (C=O) groups excluding carboxylic acids is 2. The van der Waals surface area contributed by atoms with Crippen LogP contribution in [0.4, 0.5) is 4.39 Å². The number of ether oxygens (including phenoxy) is 1. The zero-order valence-electron chi connectivity index (χ0n) is 15.5. The van der Waals surface area contributed by atoms with Gasteiger partial charge in [-0.1, -0.05) is 31.2 Å². The molecular formula is C22H24FNO3. The highest BCUT2D eigenvalue weighted by molar-refractivity contribution is 5.95.